The minimum absolute atomic E-state index is 0.407. The molecule has 0 aliphatic heterocycles. The van der Waals surface area contributed by atoms with E-state index in [2.05, 4.69) is 50.4 Å². The van der Waals surface area contributed by atoms with Crippen LogP contribution in [-0.4, -0.2) is 18.7 Å². The second-order valence-corrected chi connectivity index (χ2v) is 5.59. The van der Waals surface area contributed by atoms with Crippen LogP contribution in [0.4, 0.5) is 0 Å². The van der Waals surface area contributed by atoms with Crippen LogP contribution >= 0.6 is 0 Å². The van der Waals surface area contributed by atoms with Crippen LogP contribution in [0.1, 0.15) is 51.5 Å². The fourth-order valence-corrected chi connectivity index (χ4v) is 2.30. The van der Waals surface area contributed by atoms with Gasteiger partial charge in [0.15, 0.2) is 0 Å². The summed E-state index contributed by atoms with van der Waals surface area (Å²) in [4.78, 5) is 0. The molecule has 1 aliphatic carbocycles. The van der Waals surface area contributed by atoms with Crippen LogP contribution < -0.4 is 10.1 Å². The van der Waals surface area contributed by atoms with Gasteiger partial charge >= 0.3 is 0 Å². The SMILES string of the molecule is CCCNC1CC(Oc2ccc(C(C)C)cc2)C1. The van der Waals surface area contributed by atoms with E-state index >= 15 is 0 Å². The predicted octanol–water partition coefficient (Wildman–Crippen LogP) is 3.72. The van der Waals surface area contributed by atoms with Crippen LogP contribution in [0.2, 0.25) is 0 Å². The molecular weight excluding hydrogens is 222 g/mol. The summed E-state index contributed by atoms with van der Waals surface area (Å²) >= 11 is 0. The van der Waals surface area contributed by atoms with Gasteiger partial charge in [0.25, 0.3) is 0 Å². The maximum absolute atomic E-state index is 5.96. The monoisotopic (exact) mass is 247 g/mol. The molecule has 18 heavy (non-hydrogen) atoms. The van der Waals surface area contributed by atoms with Crippen molar-refractivity contribution in [2.24, 2.45) is 0 Å². The van der Waals surface area contributed by atoms with E-state index < -0.39 is 0 Å². The molecule has 0 amide bonds. The van der Waals surface area contributed by atoms with Crippen LogP contribution in [-0.2, 0) is 0 Å². The Morgan fingerprint density at radius 2 is 1.89 bits per heavy atom. The number of hydrogen-bond acceptors (Lipinski definition) is 2. The van der Waals surface area contributed by atoms with E-state index in [0.29, 0.717) is 18.1 Å². The van der Waals surface area contributed by atoms with E-state index in [0.717, 1.165) is 25.1 Å². The van der Waals surface area contributed by atoms with Gasteiger partial charge in [-0.2, -0.15) is 0 Å². The molecular formula is C16H25NO. The highest BCUT2D eigenvalue weighted by molar-refractivity contribution is 5.29. The van der Waals surface area contributed by atoms with Crippen molar-refractivity contribution < 1.29 is 4.74 Å². The minimum atomic E-state index is 0.407. The molecule has 0 atom stereocenters. The zero-order valence-corrected chi connectivity index (χ0v) is 11.8. The summed E-state index contributed by atoms with van der Waals surface area (Å²) in [5.74, 6) is 1.60. The van der Waals surface area contributed by atoms with Gasteiger partial charge in [-0.15, -0.1) is 0 Å². The molecule has 1 fully saturated rings. The first-order chi connectivity index (χ1) is 8.69. The van der Waals surface area contributed by atoms with Gasteiger partial charge in [0.1, 0.15) is 11.9 Å². The van der Waals surface area contributed by atoms with Crippen molar-refractivity contribution in [3.05, 3.63) is 29.8 Å². The fourth-order valence-electron chi connectivity index (χ4n) is 2.30. The Bertz CT molecular complexity index is 352. The third kappa shape index (κ3) is 3.49. The van der Waals surface area contributed by atoms with E-state index in [1.165, 1.54) is 12.0 Å². The molecule has 1 N–H and O–H groups in total. The molecule has 0 aromatic heterocycles. The van der Waals surface area contributed by atoms with Gasteiger partial charge in [-0.3, -0.25) is 0 Å². The van der Waals surface area contributed by atoms with E-state index in [9.17, 15) is 0 Å². The Morgan fingerprint density at radius 3 is 2.44 bits per heavy atom. The lowest BCUT2D eigenvalue weighted by atomic mass is 9.89. The highest BCUT2D eigenvalue weighted by Gasteiger charge is 2.30. The molecule has 1 aliphatic rings. The fraction of sp³-hybridized carbons (Fsp3) is 0.625. The number of benzene rings is 1. The summed E-state index contributed by atoms with van der Waals surface area (Å²) in [6.07, 6.45) is 3.90. The molecule has 0 saturated heterocycles. The first-order valence-electron chi connectivity index (χ1n) is 7.19. The van der Waals surface area contributed by atoms with Crippen molar-refractivity contribution in [3.8, 4) is 5.75 Å². The van der Waals surface area contributed by atoms with Crippen LogP contribution in [0, 0.1) is 0 Å². The Balaban J connectivity index is 1.74. The summed E-state index contributed by atoms with van der Waals surface area (Å²) in [6.45, 7) is 7.76. The van der Waals surface area contributed by atoms with Crippen molar-refractivity contribution in [2.45, 2.75) is 58.1 Å². The van der Waals surface area contributed by atoms with Crippen molar-refractivity contribution in [1.29, 1.82) is 0 Å². The van der Waals surface area contributed by atoms with Crippen molar-refractivity contribution >= 4 is 0 Å². The van der Waals surface area contributed by atoms with Gasteiger partial charge < -0.3 is 10.1 Å². The molecule has 2 nitrogen and oxygen atoms in total. The highest BCUT2D eigenvalue weighted by Crippen LogP contribution is 2.27. The molecule has 1 aromatic carbocycles. The van der Waals surface area contributed by atoms with Crippen LogP contribution in [0.3, 0.4) is 0 Å². The molecule has 1 aromatic rings. The zero-order chi connectivity index (χ0) is 13.0. The predicted molar refractivity (Wildman–Crippen MR) is 76.3 cm³/mol. The zero-order valence-electron chi connectivity index (χ0n) is 11.8. The van der Waals surface area contributed by atoms with E-state index in [-0.39, 0.29) is 0 Å². The quantitative estimate of drug-likeness (QED) is 0.827. The molecule has 0 bridgehead atoms. The second-order valence-electron chi connectivity index (χ2n) is 5.59. The third-order valence-electron chi connectivity index (χ3n) is 3.63. The van der Waals surface area contributed by atoms with E-state index in [1.807, 2.05) is 0 Å². The van der Waals surface area contributed by atoms with Gasteiger partial charge in [-0.05, 0) is 49.4 Å². The van der Waals surface area contributed by atoms with Gasteiger partial charge in [0.05, 0.1) is 0 Å². The highest BCUT2D eigenvalue weighted by atomic mass is 16.5. The van der Waals surface area contributed by atoms with Gasteiger partial charge in [-0.25, -0.2) is 0 Å². The lowest BCUT2D eigenvalue weighted by molar-refractivity contribution is 0.0852. The summed E-state index contributed by atoms with van der Waals surface area (Å²) < 4.78 is 5.96. The molecule has 0 radical (unpaired) electrons. The molecule has 0 heterocycles. The Labute approximate surface area is 111 Å². The average Bonchev–Trinajstić information content (AvgIpc) is 2.32. The van der Waals surface area contributed by atoms with Crippen molar-refractivity contribution in [3.63, 3.8) is 0 Å². The Hall–Kier alpha value is -1.02. The first-order valence-corrected chi connectivity index (χ1v) is 7.19. The van der Waals surface area contributed by atoms with E-state index in [1.54, 1.807) is 0 Å². The molecule has 2 heteroatoms. The van der Waals surface area contributed by atoms with Crippen LogP contribution in [0.5, 0.6) is 5.75 Å². The summed E-state index contributed by atoms with van der Waals surface area (Å²) in [5, 5.41) is 3.53. The maximum atomic E-state index is 5.96. The van der Waals surface area contributed by atoms with Crippen molar-refractivity contribution in [2.75, 3.05) is 6.54 Å². The topological polar surface area (TPSA) is 21.3 Å². The molecule has 2 rings (SSSR count). The third-order valence-corrected chi connectivity index (χ3v) is 3.63. The van der Waals surface area contributed by atoms with Crippen LogP contribution in [0.25, 0.3) is 0 Å². The van der Waals surface area contributed by atoms with Gasteiger partial charge in [0, 0.05) is 6.04 Å². The summed E-state index contributed by atoms with van der Waals surface area (Å²) in [6, 6.07) is 9.21. The summed E-state index contributed by atoms with van der Waals surface area (Å²) in [5.41, 5.74) is 1.37. The standard InChI is InChI=1S/C16H25NO/c1-4-9-17-14-10-16(11-14)18-15-7-5-13(6-8-15)12(2)3/h5-8,12,14,16-17H,4,9-11H2,1-3H3. The molecule has 0 unspecified atom stereocenters. The number of rotatable bonds is 6. The molecule has 1 saturated carbocycles. The molecule has 0 spiro atoms. The normalized spacial score (nSPS) is 22.9. The van der Waals surface area contributed by atoms with Crippen LogP contribution in [0.15, 0.2) is 24.3 Å². The van der Waals surface area contributed by atoms with Gasteiger partial charge in [0.2, 0.25) is 0 Å². The lowest BCUT2D eigenvalue weighted by Gasteiger charge is -2.36. The number of hydrogen-bond donors (Lipinski definition) is 1. The number of ether oxygens (including phenoxy) is 1. The minimum Gasteiger partial charge on any atom is -0.490 e. The summed E-state index contributed by atoms with van der Waals surface area (Å²) in [7, 11) is 0. The lowest BCUT2D eigenvalue weighted by Crippen LogP contribution is -2.46. The van der Waals surface area contributed by atoms with E-state index in [4.69, 9.17) is 4.74 Å². The Kier molecular flexibility index (Phi) is 4.65. The maximum Gasteiger partial charge on any atom is 0.119 e. The second kappa shape index (κ2) is 6.24. The smallest absolute Gasteiger partial charge is 0.119 e. The Morgan fingerprint density at radius 1 is 1.22 bits per heavy atom. The first kappa shape index (κ1) is 13.4. The largest absolute Gasteiger partial charge is 0.490 e. The van der Waals surface area contributed by atoms with Crippen molar-refractivity contribution in [1.82, 2.24) is 5.32 Å². The van der Waals surface area contributed by atoms with Gasteiger partial charge in [-0.1, -0.05) is 32.9 Å². The molecule has 100 valence electrons. The number of nitrogens with one attached hydrogen (secondary N) is 1. The average molecular weight is 247 g/mol.